The topological polar surface area (TPSA) is 9.23 Å². The smallest absolute Gasteiger partial charge is 0.0587 e. The predicted molar refractivity (Wildman–Crippen MR) is 125 cm³/mol. The second-order valence-corrected chi connectivity index (χ2v) is 8.67. The molecule has 0 spiro atoms. The number of benzene rings is 1. The number of unbranched alkanes of at least 4 members (excludes halogenated alkanes) is 15. The van der Waals surface area contributed by atoms with Crippen LogP contribution in [0.15, 0.2) is 30.3 Å². The molecule has 0 radical (unpaired) electrons. The van der Waals surface area contributed by atoms with Crippen LogP contribution in [0.4, 0.5) is 0 Å². The van der Waals surface area contributed by atoms with Crippen LogP contribution in [0.1, 0.15) is 122 Å². The summed E-state index contributed by atoms with van der Waals surface area (Å²) in [6, 6.07) is 10.7. The van der Waals surface area contributed by atoms with Crippen molar-refractivity contribution in [2.75, 3.05) is 6.61 Å². The summed E-state index contributed by atoms with van der Waals surface area (Å²) in [6.45, 7) is 5.41. The first-order valence-corrected chi connectivity index (χ1v) is 12.5. The fraction of sp³-hybridized carbons (Fsp3) is 0.778. The predicted octanol–water partition coefficient (Wildman–Crippen LogP) is 8.90. The van der Waals surface area contributed by atoms with Crippen molar-refractivity contribution in [3.8, 4) is 0 Å². The summed E-state index contributed by atoms with van der Waals surface area (Å²) < 4.78 is 5.97. The van der Waals surface area contributed by atoms with Gasteiger partial charge in [0.05, 0.1) is 6.10 Å². The first kappa shape index (κ1) is 25.2. The van der Waals surface area contributed by atoms with Crippen molar-refractivity contribution in [2.45, 2.75) is 129 Å². The van der Waals surface area contributed by atoms with Crippen LogP contribution in [0.3, 0.4) is 0 Å². The lowest BCUT2D eigenvalue weighted by Crippen LogP contribution is -2.12. The Kier molecular flexibility index (Phi) is 17.6. The second-order valence-electron chi connectivity index (χ2n) is 8.67. The molecular formula is C27H48O. The Balaban J connectivity index is 1.74. The first-order valence-electron chi connectivity index (χ1n) is 12.5. The van der Waals surface area contributed by atoms with Gasteiger partial charge in [-0.1, -0.05) is 134 Å². The highest BCUT2D eigenvalue weighted by molar-refractivity contribution is 5.15. The third kappa shape index (κ3) is 16.2. The zero-order valence-corrected chi connectivity index (χ0v) is 19.1. The SMILES string of the molecule is CCCCCCCCCCCCCCCCCCOC(C)Cc1ccccc1. The van der Waals surface area contributed by atoms with Gasteiger partial charge in [0.2, 0.25) is 0 Å². The molecule has 0 aliphatic carbocycles. The quantitative estimate of drug-likeness (QED) is 0.203. The summed E-state index contributed by atoms with van der Waals surface area (Å²) in [7, 11) is 0. The van der Waals surface area contributed by atoms with E-state index in [4.69, 9.17) is 4.74 Å². The minimum absolute atomic E-state index is 0.332. The maximum Gasteiger partial charge on any atom is 0.0587 e. The molecule has 1 rings (SSSR count). The molecule has 0 fully saturated rings. The highest BCUT2D eigenvalue weighted by atomic mass is 16.5. The number of rotatable bonds is 20. The zero-order chi connectivity index (χ0) is 20.1. The number of hydrogen-bond donors (Lipinski definition) is 0. The van der Waals surface area contributed by atoms with Crippen LogP contribution in [0.5, 0.6) is 0 Å². The van der Waals surface area contributed by atoms with Crippen molar-refractivity contribution >= 4 is 0 Å². The largest absolute Gasteiger partial charge is 0.378 e. The molecule has 28 heavy (non-hydrogen) atoms. The van der Waals surface area contributed by atoms with E-state index in [9.17, 15) is 0 Å². The summed E-state index contributed by atoms with van der Waals surface area (Å²) >= 11 is 0. The minimum Gasteiger partial charge on any atom is -0.378 e. The van der Waals surface area contributed by atoms with Crippen molar-refractivity contribution in [1.82, 2.24) is 0 Å². The summed E-state index contributed by atoms with van der Waals surface area (Å²) in [5.41, 5.74) is 1.38. The van der Waals surface area contributed by atoms with Crippen LogP contribution in [0.2, 0.25) is 0 Å². The van der Waals surface area contributed by atoms with Crippen molar-refractivity contribution in [3.63, 3.8) is 0 Å². The molecule has 0 saturated heterocycles. The Morgan fingerprint density at radius 2 is 1.04 bits per heavy atom. The average molecular weight is 389 g/mol. The third-order valence-electron chi connectivity index (χ3n) is 5.77. The summed E-state index contributed by atoms with van der Waals surface area (Å²) in [6.07, 6.45) is 24.1. The van der Waals surface area contributed by atoms with Gasteiger partial charge in [-0.2, -0.15) is 0 Å². The molecule has 162 valence electrons. The Labute approximate surface area is 176 Å². The first-order chi connectivity index (χ1) is 13.8. The Hall–Kier alpha value is -0.820. The highest BCUT2D eigenvalue weighted by Gasteiger charge is 2.03. The lowest BCUT2D eigenvalue weighted by atomic mass is 10.0. The van der Waals surface area contributed by atoms with Gasteiger partial charge in [0.1, 0.15) is 0 Å². The van der Waals surface area contributed by atoms with E-state index in [-0.39, 0.29) is 0 Å². The molecule has 0 amide bonds. The zero-order valence-electron chi connectivity index (χ0n) is 19.1. The fourth-order valence-corrected chi connectivity index (χ4v) is 3.94. The van der Waals surface area contributed by atoms with E-state index in [1.54, 1.807) is 0 Å². The monoisotopic (exact) mass is 388 g/mol. The molecular weight excluding hydrogens is 340 g/mol. The van der Waals surface area contributed by atoms with E-state index in [0.717, 1.165) is 13.0 Å². The number of hydrogen-bond acceptors (Lipinski definition) is 1. The average Bonchev–Trinajstić information content (AvgIpc) is 2.71. The van der Waals surface area contributed by atoms with Gasteiger partial charge in [0.15, 0.2) is 0 Å². The molecule has 0 N–H and O–H groups in total. The van der Waals surface area contributed by atoms with E-state index in [1.807, 2.05) is 0 Å². The number of ether oxygens (including phenoxy) is 1. The Bertz CT molecular complexity index is 414. The lowest BCUT2D eigenvalue weighted by Gasteiger charge is -2.13. The maximum absolute atomic E-state index is 5.97. The van der Waals surface area contributed by atoms with Crippen molar-refractivity contribution < 1.29 is 4.74 Å². The van der Waals surface area contributed by atoms with E-state index in [2.05, 4.69) is 44.2 Å². The van der Waals surface area contributed by atoms with Gasteiger partial charge in [-0.05, 0) is 25.3 Å². The normalized spacial score (nSPS) is 12.4. The van der Waals surface area contributed by atoms with Crippen molar-refractivity contribution in [2.24, 2.45) is 0 Å². The van der Waals surface area contributed by atoms with Gasteiger partial charge in [-0.3, -0.25) is 0 Å². The Morgan fingerprint density at radius 3 is 1.50 bits per heavy atom. The molecule has 1 heteroatoms. The van der Waals surface area contributed by atoms with Crippen LogP contribution >= 0.6 is 0 Å². The van der Waals surface area contributed by atoms with Crippen LogP contribution < -0.4 is 0 Å². The van der Waals surface area contributed by atoms with E-state index in [0.29, 0.717) is 6.10 Å². The molecule has 1 unspecified atom stereocenters. The molecule has 0 bridgehead atoms. The van der Waals surface area contributed by atoms with Gasteiger partial charge in [0, 0.05) is 6.61 Å². The van der Waals surface area contributed by atoms with Gasteiger partial charge in [-0.15, -0.1) is 0 Å². The van der Waals surface area contributed by atoms with Crippen LogP contribution in [0, 0.1) is 0 Å². The Morgan fingerprint density at radius 1 is 0.607 bits per heavy atom. The molecule has 1 aromatic rings. The van der Waals surface area contributed by atoms with Crippen LogP contribution in [-0.4, -0.2) is 12.7 Å². The minimum atomic E-state index is 0.332. The lowest BCUT2D eigenvalue weighted by molar-refractivity contribution is 0.0635. The van der Waals surface area contributed by atoms with E-state index >= 15 is 0 Å². The van der Waals surface area contributed by atoms with Gasteiger partial charge in [0.25, 0.3) is 0 Å². The van der Waals surface area contributed by atoms with E-state index in [1.165, 1.54) is 108 Å². The molecule has 1 aromatic carbocycles. The van der Waals surface area contributed by atoms with Crippen LogP contribution in [0.25, 0.3) is 0 Å². The molecule has 0 aromatic heterocycles. The van der Waals surface area contributed by atoms with Crippen LogP contribution in [-0.2, 0) is 11.2 Å². The van der Waals surface area contributed by atoms with Crippen molar-refractivity contribution in [1.29, 1.82) is 0 Å². The van der Waals surface area contributed by atoms with Gasteiger partial charge < -0.3 is 4.74 Å². The summed E-state index contributed by atoms with van der Waals surface area (Å²) in [5.74, 6) is 0. The molecule has 0 saturated carbocycles. The maximum atomic E-state index is 5.97. The second kappa shape index (κ2) is 19.5. The molecule has 0 aliphatic rings. The standard InChI is InChI=1S/C27H48O/c1-3-4-5-6-7-8-9-10-11-12-13-14-15-16-17-21-24-28-26(2)25-27-22-19-18-20-23-27/h18-20,22-23,26H,3-17,21,24-25H2,1-2H3. The van der Waals surface area contributed by atoms with Gasteiger partial charge >= 0.3 is 0 Å². The summed E-state index contributed by atoms with van der Waals surface area (Å²) in [5, 5.41) is 0. The molecule has 1 nitrogen and oxygen atoms in total. The highest BCUT2D eigenvalue weighted by Crippen LogP contribution is 2.14. The molecule has 0 aliphatic heterocycles. The van der Waals surface area contributed by atoms with Crippen molar-refractivity contribution in [3.05, 3.63) is 35.9 Å². The fourth-order valence-electron chi connectivity index (χ4n) is 3.94. The third-order valence-corrected chi connectivity index (χ3v) is 5.77. The summed E-state index contributed by atoms with van der Waals surface area (Å²) in [4.78, 5) is 0. The molecule has 1 atom stereocenters. The van der Waals surface area contributed by atoms with Gasteiger partial charge in [-0.25, -0.2) is 0 Å². The van der Waals surface area contributed by atoms with E-state index < -0.39 is 0 Å². The molecule has 0 heterocycles.